The Morgan fingerprint density at radius 3 is 2.40 bits per heavy atom. The zero-order valence-corrected chi connectivity index (χ0v) is 12.2. The lowest BCUT2D eigenvalue weighted by molar-refractivity contribution is -0.137. The van der Waals surface area contributed by atoms with Crippen LogP contribution < -0.4 is 5.32 Å². The Morgan fingerprint density at radius 2 is 1.90 bits per heavy atom. The van der Waals surface area contributed by atoms with Gasteiger partial charge in [-0.1, -0.05) is 6.92 Å². The number of piperazine rings is 1. The minimum absolute atomic E-state index is 0.0339. The second kappa shape index (κ2) is 6.92. The van der Waals surface area contributed by atoms with E-state index in [2.05, 4.69) is 17.1 Å². The van der Waals surface area contributed by atoms with E-state index in [4.69, 9.17) is 5.11 Å². The second-order valence-corrected chi connectivity index (χ2v) is 5.82. The summed E-state index contributed by atoms with van der Waals surface area (Å²) in [4.78, 5) is 27.2. The molecule has 2 N–H and O–H groups in total. The summed E-state index contributed by atoms with van der Waals surface area (Å²) in [7, 11) is 0. The minimum Gasteiger partial charge on any atom is -0.481 e. The van der Waals surface area contributed by atoms with E-state index in [-0.39, 0.29) is 18.5 Å². The monoisotopic (exact) mass is 283 g/mol. The number of carboxylic acids is 1. The van der Waals surface area contributed by atoms with Crippen LogP contribution in [0.15, 0.2) is 0 Å². The largest absolute Gasteiger partial charge is 0.481 e. The molecule has 0 aromatic heterocycles. The maximum atomic E-state index is 12.2. The zero-order valence-electron chi connectivity index (χ0n) is 12.2. The summed E-state index contributed by atoms with van der Waals surface area (Å²) in [5, 5.41) is 11.8. The van der Waals surface area contributed by atoms with Gasteiger partial charge in [0.1, 0.15) is 0 Å². The number of aliphatic carboxylic acids is 1. The zero-order chi connectivity index (χ0) is 14.5. The van der Waals surface area contributed by atoms with E-state index in [0.717, 1.165) is 52.0 Å². The molecule has 6 heteroatoms. The van der Waals surface area contributed by atoms with Crippen molar-refractivity contribution in [2.75, 3.05) is 32.7 Å². The van der Waals surface area contributed by atoms with Crippen molar-refractivity contribution < 1.29 is 14.7 Å². The standard InChI is InChI=1S/C14H25N3O3/c1-2-5-16-6-8-17(9-7-16)14(20)15-12(10-13(18)19)11-3-4-11/h11-12H,2-10H2,1H3,(H,15,20)(H,18,19). The number of carbonyl (C=O) groups is 2. The van der Waals surface area contributed by atoms with Gasteiger partial charge in [-0.2, -0.15) is 0 Å². The molecule has 2 rings (SSSR count). The lowest BCUT2D eigenvalue weighted by Crippen LogP contribution is -2.54. The predicted octanol–water partition coefficient (Wildman–Crippen LogP) is 0.977. The summed E-state index contributed by atoms with van der Waals surface area (Å²) in [6.07, 6.45) is 3.23. The van der Waals surface area contributed by atoms with Crippen molar-refractivity contribution in [1.29, 1.82) is 0 Å². The molecule has 1 aliphatic heterocycles. The topological polar surface area (TPSA) is 72.9 Å². The van der Waals surface area contributed by atoms with Crippen LogP contribution in [0.2, 0.25) is 0 Å². The van der Waals surface area contributed by atoms with Crippen LogP contribution in [0.4, 0.5) is 4.79 Å². The Balaban J connectivity index is 1.77. The van der Waals surface area contributed by atoms with E-state index >= 15 is 0 Å². The molecule has 0 radical (unpaired) electrons. The third-order valence-electron chi connectivity index (χ3n) is 4.09. The van der Waals surface area contributed by atoms with Crippen molar-refractivity contribution in [2.45, 2.75) is 38.6 Å². The Morgan fingerprint density at radius 1 is 1.25 bits per heavy atom. The first kappa shape index (κ1) is 15.1. The molecule has 1 heterocycles. The molecule has 6 nitrogen and oxygen atoms in total. The van der Waals surface area contributed by atoms with Crippen molar-refractivity contribution in [1.82, 2.24) is 15.1 Å². The highest BCUT2D eigenvalue weighted by Gasteiger charge is 2.34. The van der Waals surface area contributed by atoms with Crippen LogP contribution in [-0.4, -0.2) is 65.7 Å². The maximum Gasteiger partial charge on any atom is 0.317 e. The minimum atomic E-state index is -0.838. The van der Waals surface area contributed by atoms with Crippen LogP contribution >= 0.6 is 0 Å². The van der Waals surface area contributed by atoms with Gasteiger partial charge in [0.2, 0.25) is 0 Å². The highest BCUT2D eigenvalue weighted by molar-refractivity contribution is 5.76. The number of rotatable bonds is 6. The quantitative estimate of drug-likeness (QED) is 0.762. The molecule has 1 aliphatic carbocycles. The molecule has 1 atom stereocenters. The highest BCUT2D eigenvalue weighted by atomic mass is 16.4. The molecule has 0 aromatic rings. The Kier molecular flexibility index (Phi) is 5.23. The van der Waals surface area contributed by atoms with Gasteiger partial charge in [0.15, 0.2) is 0 Å². The highest BCUT2D eigenvalue weighted by Crippen LogP contribution is 2.34. The molecule has 0 bridgehead atoms. The number of nitrogens with zero attached hydrogens (tertiary/aromatic N) is 2. The predicted molar refractivity (Wildman–Crippen MR) is 75.6 cm³/mol. The summed E-state index contributed by atoms with van der Waals surface area (Å²) in [5.41, 5.74) is 0. The van der Waals surface area contributed by atoms with E-state index in [1.54, 1.807) is 0 Å². The number of urea groups is 1. The summed E-state index contributed by atoms with van der Waals surface area (Å²) in [6.45, 7) is 6.53. The normalized spacial score (nSPS) is 21.6. The Labute approximate surface area is 120 Å². The van der Waals surface area contributed by atoms with Gasteiger partial charge in [0, 0.05) is 32.2 Å². The SMILES string of the molecule is CCCN1CCN(C(=O)NC(CC(=O)O)C2CC2)CC1. The number of hydrogen-bond acceptors (Lipinski definition) is 3. The molecule has 0 spiro atoms. The van der Waals surface area contributed by atoms with Crippen molar-refractivity contribution in [3.8, 4) is 0 Å². The van der Waals surface area contributed by atoms with Crippen molar-refractivity contribution in [3.63, 3.8) is 0 Å². The molecule has 1 saturated carbocycles. The number of carboxylic acid groups (broad SMARTS) is 1. The molecule has 0 aromatic carbocycles. The molecular formula is C14H25N3O3. The molecule has 2 aliphatic rings. The summed E-state index contributed by atoms with van der Waals surface area (Å²) in [5.74, 6) is -0.480. The average molecular weight is 283 g/mol. The van der Waals surface area contributed by atoms with Gasteiger partial charge in [-0.15, -0.1) is 0 Å². The molecule has 20 heavy (non-hydrogen) atoms. The van der Waals surface area contributed by atoms with Crippen molar-refractivity contribution >= 4 is 12.0 Å². The van der Waals surface area contributed by atoms with E-state index in [0.29, 0.717) is 5.92 Å². The fourth-order valence-electron chi connectivity index (χ4n) is 2.76. The Bertz CT molecular complexity index is 350. The Hall–Kier alpha value is -1.30. The van der Waals surface area contributed by atoms with Gasteiger partial charge in [0.25, 0.3) is 0 Å². The van der Waals surface area contributed by atoms with Crippen LogP contribution in [0.25, 0.3) is 0 Å². The van der Waals surface area contributed by atoms with Gasteiger partial charge in [0.05, 0.1) is 6.42 Å². The number of hydrogen-bond donors (Lipinski definition) is 2. The van der Waals surface area contributed by atoms with E-state index < -0.39 is 5.97 Å². The molecule has 2 amide bonds. The van der Waals surface area contributed by atoms with Crippen LogP contribution in [0.5, 0.6) is 0 Å². The first-order valence-corrected chi connectivity index (χ1v) is 7.59. The second-order valence-electron chi connectivity index (χ2n) is 5.82. The molecule has 1 unspecified atom stereocenters. The summed E-state index contributed by atoms with van der Waals surface area (Å²) in [6, 6.07) is -0.298. The first-order chi connectivity index (χ1) is 9.60. The molecular weight excluding hydrogens is 258 g/mol. The van der Waals surface area contributed by atoms with E-state index in [1.165, 1.54) is 0 Å². The summed E-state index contributed by atoms with van der Waals surface area (Å²) >= 11 is 0. The lowest BCUT2D eigenvalue weighted by Gasteiger charge is -2.35. The van der Waals surface area contributed by atoms with Gasteiger partial charge < -0.3 is 15.3 Å². The third-order valence-corrected chi connectivity index (χ3v) is 4.09. The maximum absolute atomic E-state index is 12.2. The molecule has 114 valence electrons. The third kappa shape index (κ3) is 4.37. The fraction of sp³-hybridized carbons (Fsp3) is 0.857. The summed E-state index contributed by atoms with van der Waals surface area (Å²) < 4.78 is 0. The molecule has 2 fully saturated rings. The molecule has 1 saturated heterocycles. The van der Waals surface area contributed by atoms with Gasteiger partial charge >= 0.3 is 12.0 Å². The van der Waals surface area contributed by atoms with Crippen LogP contribution in [0.1, 0.15) is 32.6 Å². The first-order valence-electron chi connectivity index (χ1n) is 7.59. The smallest absolute Gasteiger partial charge is 0.317 e. The van der Waals surface area contributed by atoms with Crippen LogP contribution in [0.3, 0.4) is 0 Å². The fourth-order valence-corrected chi connectivity index (χ4v) is 2.76. The average Bonchev–Trinajstić information content (AvgIpc) is 3.23. The van der Waals surface area contributed by atoms with Gasteiger partial charge in [-0.3, -0.25) is 9.69 Å². The van der Waals surface area contributed by atoms with Crippen molar-refractivity contribution in [2.24, 2.45) is 5.92 Å². The van der Waals surface area contributed by atoms with E-state index in [1.807, 2.05) is 4.90 Å². The van der Waals surface area contributed by atoms with E-state index in [9.17, 15) is 9.59 Å². The van der Waals surface area contributed by atoms with Crippen molar-refractivity contribution in [3.05, 3.63) is 0 Å². The van der Waals surface area contributed by atoms with Gasteiger partial charge in [-0.05, 0) is 31.7 Å². The van der Waals surface area contributed by atoms with Crippen LogP contribution in [-0.2, 0) is 4.79 Å². The number of nitrogens with one attached hydrogen (secondary N) is 1. The number of carbonyl (C=O) groups excluding carboxylic acids is 1. The van der Waals surface area contributed by atoms with Gasteiger partial charge in [-0.25, -0.2) is 4.79 Å². The van der Waals surface area contributed by atoms with Crippen LogP contribution in [0, 0.1) is 5.92 Å². The lowest BCUT2D eigenvalue weighted by atomic mass is 10.1. The number of amides is 2.